The second-order valence-corrected chi connectivity index (χ2v) is 3.24. The van der Waals surface area contributed by atoms with Crippen LogP contribution in [0.3, 0.4) is 0 Å². The summed E-state index contributed by atoms with van der Waals surface area (Å²) >= 11 is 0. The number of nitrogens with zero attached hydrogens (tertiary/aromatic N) is 2. The summed E-state index contributed by atoms with van der Waals surface area (Å²) in [6.07, 6.45) is 0. The van der Waals surface area contributed by atoms with E-state index in [1.807, 2.05) is 0 Å². The predicted octanol–water partition coefficient (Wildman–Crippen LogP) is 1.65. The molecule has 88 valence electrons. The Hall–Kier alpha value is -2.44. The zero-order valence-electron chi connectivity index (χ0n) is 8.97. The van der Waals surface area contributed by atoms with Crippen molar-refractivity contribution in [2.24, 2.45) is 0 Å². The molecule has 1 aromatic heterocycles. The van der Waals surface area contributed by atoms with Crippen LogP contribution in [0, 0.1) is 10.1 Å². The highest BCUT2D eigenvalue weighted by atomic mass is 16.6. The zero-order valence-corrected chi connectivity index (χ0v) is 8.97. The van der Waals surface area contributed by atoms with Crippen molar-refractivity contribution in [3.63, 3.8) is 0 Å². The molecule has 7 nitrogen and oxygen atoms in total. The van der Waals surface area contributed by atoms with Crippen molar-refractivity contribution >= 4 is 22.7 Å². The average Bonchev–Trinajstić information content (AvgIpc) is 2.72. The number of non-ortho nitro benzene ring substituents is 1. The van der Waals surface area contributed by atoms with Crippen LogP contribution in [0.4, 0.5) is 5.69 Å². The molecule has 1 aromatic carbocycles. The van der Waals surface area contributed by atoms with Gasteiger partial charge in [0.15, 0.2) is 5.52 Å². The highest BCUT2D eigenvalue weighted by molar-refractivity contribution is 5.93. The number of benzene rings is 1. The maximum Gasteiger partial charge on any atom is 0.374 e. The van der Waals surface area contributed by atoms with Crippen LogP contribution in [0.5, 0.6) is 0 Å². The molecule has 0 unspecified atom stereocenters. The molecular weight excluding hydrogens is 226 g/mol. The minimum absolute atomic E-state index is 0.0313. The van der Waals surface area contributed by atoms with E-state index in [1.165, 1.54) is 12.1 Å². The minimum atomic E-state index is -0.627. The van der Waals surface area contributed by atoms with Gasteiger partial charge in [0, 0.05) is 6.07 Å². The molecule has 2 rings (SSSR count). The Bertz CT molecular complexity index is 590. The lowest BCUT2D eigenvalue weighted by molar-refractivity contribution is -0.383. The van der Waals surface area contributed by atoms with Crippen LogP contribution in [-0.2, 0) is 4.74 Å². The fourth-order valence-corrected chi connectivity index (χ4v) is 1.46. The van der Waals surface area contributed by atoms with Crippen molar-refractivity contribution in [3.8, 4) is 0 Å². The number of ether oxygens (including phenoxy) is 1. The Kier molecular flexibility index (Phi) is 2.73. The van der Waals surface area contributed by atoms with Gasteiger partial charge in [0.2, 0.25) is 5.82 Å². The van der Waals surface area contributed by atoms with Crippen molar-refractivity contribution in [3.05, 3.63) is 34.1 Å². The van der Waals surface area contributed by atoms with Crippen LogP contribution in [-0.4, -0.2) is 27.5 Å². The van der Waals surface area contributed by atoms with E-state index in [4.69, 9.17) is 4.74 Å². The highest BCUT2D eigenvalue weighted by Crippen LogP contribution is 2.23. The van der Waals surface area contributed by atoms with Gasteiger partial charge in [-0.2, -0.15) is 0 Å². The summed E-state index contributed by atoms with van der Waals surface area (Å²) in [6.45, 7) is 1.89. The number of hydrogen-bond acceptors (Lipinski definition) is 5. The van der Waals surface area contributed by atoms with E-state index < -0.39 is 10.9 Å². The van der Waals surface area contributed by atoms with Crippen LogP contribution in [0.25, 0.3) is 11.0 Å². The normalized spacial score (nSPS) is 10.4. The third-order valence-electron chi connectivity index (χ3n) is 2.16. The first-order valence-electron chi connectivity index (χ1n) is 4.93. The molecule has 0 radical (unpaired) electrons. The van der Waals surface area contributed by atoms with E-state index in [0.717, 1.165) is 0 Å². The predicted molar refractivity (Wildman–Crippen MR) is 58.7 cm³/mol. The Morgan fingerprint density at radius 3 is 3.00 bits per heavy atom. The number of para-hydroxylation sites is 1. The number of nitrogens with one attached hydrogen (secondary N) is 1. The molecule has 1 heterocycles. The molecule has 0 amide bonds. The number of H-pyrrole nitrogens is 1. The largest absolute Gasteiger partial charge is 0.460 e. The second kappa shape index (κ2) is 4.20. The number of fused-ring (bicyclic) bond motifs is 1. The third kappa shape index (κ3) is 1.94. The minimum Gasteiger partial charge on any atom is -0.460 e. The van der Waals surface area contributed by atoms with Gasteiger partial charge in [0.25, 0.3) is 5.69 Å². The van der Waals surface area contributed by atoms with Crippen LogP contribution >= 0.6 is 0 Å². The molecule has 17 heavy (non-hydrogen) atoms. The number of nitro groups is 1. The summed E-state index contributed by atoms with van der Waals surface area (Å²) < 4.78 is 4.76. The summed E-state index contributed by atoms with van der Waals surface area (Å²) in [6, 6.07) is 4.46. The number of carbonyl (C=O) groups is 1. The Morgan fingerprint density at radius 2 is 2.35 bits per heavy atom. The van der Waals surface area contributed by atoms with Crippen LogP contribution in [0.2, 0.25) is 0 Å². The summed E-state index contributed by atoms with van der Waals surface area (Å²) in [5.74, 6) is -0.658. The van der Waals surface area contributed by atoms with Gasteiger partial charge in [0.05, 0.1) is 17.0 Å². The smallest absolute Gasteiger partial charge is 0.374 e. The molecule has 0 bridgehead atoms. The van der Waals surface area contributed by atoms with Crippen molar-refractivity contribution in [1.29, 1.82) is 0 Å². The molecule has 2 aromatic rings. The number of hydrogen-bond donors (Lipinski definition) is 1. The average molecular weight is 235 g/mol. The molecular formula is C10H9N3O4. The standard InChI is InChI=1S/C10H9N3O4/c1-2-17-10(14)9-11-6-4-3-5-7(13(15)16)8(6)12-9/h3-5H,2H2,1H3,(H,11,12). The van der Waals surface area contributed by atoms with Gasteiger partial charge in [-0.1, -0.05) is 6.07 Å². The Morgan fingerprint density at radius 1 is 1.59 bits per heavy atom. The zero-order chi connectivity index (χ0) is 12.4. The number of esters is 1. The third-order valence-corrected chi connectivity index (χ3v) is 2.16. The molecule has 0 saturated carbocycles. The van der Waals surface area contributed by atoms with E-state index in [9.17, 15) is 14.9 Å². The summed E-state index contributed by atoms with van der Waals surface area (Å²) in [7, 11) is 0. The van der Waals surface area contributed by atoms with Crippen molar-refractivity contribution < 1.29 is 14.5 Å². The first kappa shape index (κ1) is 11.1. The van der Waals surface area contributed by atoms with E-state index in [2.05, 4.69) is 9.97 Å². The fourth-order valence-electron chi connectivity index (χ4n) is 1.46. The topological polar surface area (TPSA) is 98.1 Å². The first-order valence-corrected chi connectivity index (χ1v) is 4.93. The number of rotatable bonds is 3. The van der Waals surface area contributed by atoms with E-state index in [1.54, 1.807) is 13.0 Å². The van der Waals surface area contributed by atoms with Crippen LogP contribution in [0.15, 0.2) is 18.2 Å². The Balaban J connectivity index is 2.54. The van der Waals surface area contributed by atoms with E-state index in [0.29, 0.717) is 5.52 Å². The Labute approximate surface area is 95.6 Å². The van der Waals surface area contributed by atoms with Crippen molar-refractivity contribution in [2.75, 3.05) is 6.61 Å². The maximum absolute atomic E-state index is 11.4. The monoisotopic (exact) mass is 235 g/mol. The second-order valence-electron chi connectivity index (χ2n) is 3.24. The number of imidazole rings is 1. The lowest BCUT2D eigenvalue weighted by Gasteiger charge is -1.95. The molecule has 0 atom stereocenters. The fraction of sp³-hybridized carbons (Fsp3) is 0.200. The lowest BCUT2D eigenvalue weighted by atomic mass is 10.3. The molecule has 0 aliphatic heterocycles. The lowest BCUT2D eigenvalue weighted by Crippen LogP contribution is -2.06. The molecule has 0 aliphatic carbocycles. The van der Waals surface area contributed by atoms with Gasteiger partial charge in [-0.3, -0.25) is 10.1 Å². The number of nitro benzene ring substituents is 1. The van der Waals surface area contributed by atoms with Crippen molar-refractivity contribution in [1.82, 2.24) is 9.97 Å². The molecule has 0 aliphatic rings. The summed E-state index contributed by atoms with van der Waals surface area (Å²) in [4.78, 5) is 28.2. The van der Waals surface area contributed by atoms with Crippen LogP contribution in [0.1, 0.15) is 17.5 Å². The molecule has 0 saturated heterocycles. The number of carbonyl (C=O) groups excluding carboxylic acids is 1. The SMILES string of the molecule is CCOC(=O)c1nc2c([N+](=O)[O-])cccc2[nH]1. The van der Waals surface area contributed by atoms with Crippen molar-refractivity contribution in [2.45, 2.75) is 6.92 Å². The van der Waals surface area contributed by atoms with Gasteiger partial charge >= 0.3 is 5.97 Å². The quantitative estimate of drug-likeness (QED) is 0.495. The first-order chi connectivity index (χ1) is 8.13. The maximum atomic E-state index is 11.4. The van der Waals surface area contributed by atoms with E-state index >= 15 is 0 Å². The van der Waals surface area contributed by atoms with E-state index in [-0.39, 0.29) is 23.6 Å². The van der Waals surface area contributed by atoms with Gasteiger partial charge in [-0.05, 0) is 13.0 Å². The van der Waals surface area contributed by atoms with Gasteiger partial charge in [0.1, 0.15) is 0 Å². The van der Waals surface area contributed by atoms with Gasteiger partial charge < -0.3 is 9.72 Å². The number of aromatic nitrogens is 2. The van der Waals surface area contributed by atoms with Gasteiger partial charge in [-0.15, -0.1) is 0 Å². The number of aromatic amines is 1. The summed E-state index contributed by atoms with van der Waals surface area (Å²) in [5.41, 5.74) is 0.442. The molecule has 0 fully saturated rings. The summed E-state index contributed by atoms with van der Waals surface area (Å²) in [5, 5.41) is 10.8. The molecule has 0 spiro atoms. The van der Waals surface area contributed by atoms with Crippen LogP contribution < -0.4 is 0 Å². The highest BCUT2D eigenvalue weighted by Gasteiger charge is 2.18. The van der Waals surface area contributed by atoms with Gasteiger partial charge in [-0.25, -0.2) is 9.78 Å². The molecule has 7 heteroatoms. The molecule has 1 N–H and O–H groups in total.